The van der Waals surface area contributed by atoms with E-state index in [1.165, 1.54) is 21.7 Å². The van der Waals surface area contributed by atoms with Crippen molar-refractivity contribution in [2.75, 3.05) is 6.54 Å². The van der Waals surface area contributed by atoms with Gasteiger partial charge in [0.15, 0.2) is 0 Å². The zero-order valence-electron chi connectivity index (χ0n) is 9.12. The number of nitrogens with zero attached hydrogens (tertiary/aromatic N) is 2. The van der Waals surface area contributed by atoms with E-state index in [-0.39, 0.29) is 0 Å². The highest BCUT2D eigenvalue weighted by Gasteiger charge is 2.08. The van der Waals surface area contributed by atoms with Gasteiger partial charge < -0.3 is 4.57 Å². The lowest BCUT2D eigenvalue weighted by molar-refractivity contribution is 0.829. The van der Waals surface area contributed by atoms with E-state index in [0.29, 0.717) is 0 Å². The molecule has 0 spiro atoms. The molecule has 0 amide bonds. The maximum Gasteiger partial charge on any atom is 0.135 e. The van der Waals surface area contributed by atoms with Crippen LogP contribution < -0.4 is 10.7 Å². The Balaban J connectivity index is 2.69. The first-order valence-corrected chi connectivity index (χ1v) is 5.38. The van der Waals surface area contributed by atoms with E-state index >= 15 is 0 Å². The second kappa shape index (κ2) is 2.96. The molecule has 0 saturated heterocycles. The second-order valence-corrected chi connectivity index (χ2v) is 4.14. The Labute approximate surface area is 88.6 Å². The highest BCUT2D eigenvalue weighted by atomic mass is 15.0. The highest BCUT2D eigenvalue weighted by Crippen LogP contribution is 2.13. The standard InChI is InChI=1S/C13H14N2/c1-9-5-3-7-11-12(9)10-6-4-8-14-13(10)15(11)2/h3,5-7H,4,8H2,1-2H3. The third-order valence-corrected chi connectivity index (χ3v) is 3.18. The molecule has 0 atom stereocenters. The molecule has 2 aromatic rings. The van der Waals surface area contributed by atoms with Gasteiger partial charge in [0, 0.05) is 24.2 Å². The zero-order chi connectivity index (χ0) is 10.4. The molecule has 76 valence electrons. The van der Waals surface area contributed by atoms with Crippen molar-refractivity contribution in [2.24, 2.45) is 12.0 Å². The fourth-order valence-electron chi connectivity index (χ4n) is 2.45. The summed E-state index contributed by atoms with van der Waals surface area (Å²) in [6.45, 7) is 3.10. The minimum absolute atomic E-state index is 0.927. The van der Waals surface area contributed by atoms with Crippen LogP contribution in [0.3, 0.4) is 0 Å². The number of benzene rings is 1. The van der Waals surface area contributed by atoms with Gasteiger partial charge in [-0.15, -0.1) is 0 Å². The van der Waals surface area contributed by atoms with Crippen LogP contribution in [0.5, 0.6) is 0 Å². The van der Waals surface area contributed by atoms with Crippen molar-refractivity contribution in [1.82, 2.24) is 4.57 Å². The third kappa shape index (κ3) is 1.08. The van der Waals surface area contributed by atoms with Gasteiger partial charge in [0.25, 0.3) is 0 Å². The average molecular weight is 198 g/mol. The maximum absolute atomic E-state index is 4.60. The van der Waals surface area contributed by atoms with Gasteiger partial charge in [0.2, 0.25) is 0 Å². The molecule has 3 rings (SSSR count). The molecule has 1 aliphatic rings. The normalized spacial score (nSPS) is 14.5. The second-order valence-electron chi connectivity index (χ2n) is 4.14. The Morgan fingerprint density at radius 3 is 3.07 bits per heavy atom. The first-order chi connectivity index (χ1) is 7.29. The highest BCUT2D eigenvalue weighted by molar-refractivity contribution is 5.84. The van der Waals surface area contributed by atoms with E-state index in [4.69, 9.17) is 0 Å². The monoisotopic (exact) mass is 198 g/mol. The average Bonchev–Trinajstić information content (AvgIpc) is 2.55. The SMILES string of the molecule is Cc1cccc2c1c1c(n2C)=NCCC=1. The molecule has 1 aromatic heterocycles. The van der Waals surface area contributed by atoms with Crippen molar-refractivity contribution in [2.45, 2.75) is 13.3 Å². The quantitative estimate of drug-likeness (QED) is 0.607. The van der Waals surface area contributed by atoms with Gasteiger partial charge in [-0.1, -0.05) is 18.2 Å². The van der Waals surface area contributed by atoms with Crippen LogP contribution in [-0.2, 0) is 7.05 Å². The van der Waals surface area contributed by atoms with Crippen LogP contribution in [0.25, 0.3) is 17.0 Å². The molecule has 0 bridgehead atoms. The number of aryl methyl sites for hydroxylation is 2. The molecule has 0 radical (unpaired) electrons. The summed E-state index contributed by atoms with van der Waals surface area (Å²) in [4.78, 5) is 4.60. The maximum atomic E-state index is 4.60. The lowest BCUT2D eigenvalue weighted by Crippen LogP contribution is -2.31. The predicted molar refractivity (Wildman–Crippen MR) is 62.4 cm³/mol. The summed E-state index contributed by atoms with van der Waals surface area (Å²) in [5.74, 6) is 0. The Hall–Kier alpha value is -1.57. The molecule has 2 heterocycles. The number of fused-ring (bicyclic) bond motifs is 3. The van der Waals surface area contributed by atoms with E-state index in [1.54, 1.807) is 0 Å². The fraction of sp³-hybridized carbons (Fsp3) is 0.308. The lowest BCUT2D eigenvalue weighted by Gasteiger charge is -1.97. The van der Waals surface area contributed by atoms with E-state index in [0.717, 1.165) is 18.5 Å². The van der Waals surface area contributed by atoms with E-state index in [9.17, 15) is 0 Å². The summed E-state index contributed by atoms with van der Waals surface area (Å²) in [6.07, 6.45) is 3.39. The molecule has 0 N–H and O–H groups in total. The minimum Gasteiger partial charge on any atom is -0.329 e. The number of aromatic nitrogens is 1. The first-order valence-electron chi connectivity index (χ1n) is 5.38. The summed E-state index contributed by atoms with van der Waals surface area (Å²) in [5.41, 5.74) is 3.78. The summed E-state index contributed by atoms with van der Waals surface area (Å²) >= 11 is 0. The molecule has 2 nitrogen and oxygen atoms in total. The minimum atomic E-state index is 0.927. The fourth-order valence-corrected chi connectivity index (χ4v) is 2.45. The Morgan fingerprint density at radius 2 is 2.20 bits per heavy atom. The van der Waals surface area contributed by atoms with Crippen molar-refractivity contribution in [3.8, 4) is 0 Å². The van der Waals surface area contributed by atoms with Crippen molar-refractivity contribution in [1.29, 1.82) is 0 Å². The summed E-state index contributed by atoms with van der Waals surface area (Å²) in [6, 6.07) is 6.46. The van der Waals surface area contributed by atoms with E-state index < -0.39 is 0 Å². The van der Waals surface area contributed by atoms with Gasteiger partial charge in [0.1, 0.15) is 5.49 Å². The molecule has 1 aromatic carbocycles. The molecule has 0 aliphatic carbocycles. The smallest absolute Gasteiger partial charge is 0.135 e. The van der Waals surface area contributed by atoms with Crippen molar-refractivity contribution in [3.63, 3.8) is 0 Å². The molecule has 0 unspecified atom stereocenters. The zero-order valence-corrected chi connectivity index (χ0v) is 9.12. The van der Waals surface area contributed by atoms with Crippen LogP contribution in [0.1, 0.15) is 12.0 Å². The van der Waals surface area contributed by atoms with Gasteiger partial charge in [-0.05, 0) is 25.0 Å². The van der Waals surface area contributed by atoms with Gasteiger partial charge in [-0.3, -0.25) is 4.99 Å². The summed E-state index contributed by atoms with van der Waals surface area (Å²) < 4.78 is 2.20. The predicted octanol–water partition coefficient (Wildman–Crippen LogP) is 1.29. The third-order valence-electron chi connectivity index (χ3n) is 3.18. The van der Waals surface area contributed by atoms with E-state index in [1.807, 2.05) is 0 Å². The number of rotatable bonds is 0. The van der Waals surface area contributed by atoms with Gasteiger partial charge >= 0.3 is 0 Å². The lowest BCUT2D eigenvalue weighted by atomic mass is 10.1. The molecular formula is C13H14N2. The molecule has 15 heavy (non-hydrogen) atoms. The summed E-state index contributed by atoms with van der Waals surface area (Å²) in [5, 5.41) is 2.70. The largest absolute Gasteiger partial charge is 0.329 e. The Morgan fingerprint density at radius 1 is 1.33 bits per heavy atom. The topological polar surface area (TPSA) is 17.3 Å². The van der Waals surface area contributed by atoms with Crippen LogP contribution in [0.15, 0.2) is 23.2 Å². The van der Waals surface area contributed by atoms with Crippen molar-refractivity contribution in [3.05, 3.63) is 34.5 Å². The van der Waals surface area contributed by atoms with Crippen LogP contribution in [0.4, 0.5) is 0 Å². The first kappa shape index (κ1) is 8.72. The van der Waals surface area contributed by atoms with Crippen LogP contribution in [0.2, 0.25) is 0 Å². The van der Waals surface area contributed by atoms with Gasteiger partial charge in [-0.2, -0.15) is 0 Å². The number of hydrogen-bond acceptors (Lipinski definition) is 1. The van der Waals surface area contributed by atoms with E-state index in [2.05, 4.69) is 47.8 Å². The van der Waals surface area contributed by atoms with Gasteiger partial charge in [0.05, 0.1) is 5.52 Å². The molecule has 2 heteroatoms. The van der Waals surface area contributed by atoms with Crippen LogP contribution >= 0.6 is 0 Å². The Bertz CT molecular complexity index is 647. The summed E-state index contributed by atoms with van der Waals surface area (Å²) in [7, 11) is 2.10. The van der Waals surface area contributed by atoms with Crippen LogP contribution in [-0.4, -0.2) is 11.1 Å². The molecule has 0 fully saturated rings. The molecular weight excluding hydrogens is 184 g/mol. The van der Waals surface area contributed by atoms with Crippen molar-refractivity contribution >= 4 is 17.0 Å². The Kier molecular flexibility index (Phi) is 1.72. The van der Waals surface area contributed by atoms with Crippen LogP contribution in [0, 0.1) is 6.92 Å². The van der Waals surface area contributed by atoms with Gasteiger partial charge in [-0.25, -0.2) is 0 Å². The number of hydrogen-bond donors (Lipinski definition) is 0. The van der Waals surface area contributed by atoms with Crippen molar-refractivity contribution < 1.29 is 0 Å². The molecule has 1 aliphatic heterocycles. The molecule has 0 saturated carbocycles.